The van der Waals surface area contributed by atoms with Crippen LogP contribution >= 0.6 is 11.3 Å². The van der Waals surface area contributed by atoms with Crippen molar-refractivity contribution in [1.29, 1.82) is 0 Å². The summed E-state index contributed by atoms with van der Waals surface area (Å²) in [6, 6.07) is 0.631. The maximum Gasteiger partial charge on any atom is 0.268 e. The van der Waals surface area contributed by atoms with Gasteiger partial charge in [-0.2, -0.15) is 0 Å². The molecule has 1 aliphatic rings. The quantitative estimate of drug-likeness (QED) is 0.908. The lowest BCUT2D eigenvalue weighted by Crippen LogP contribution is -2.39. The van der Waals surface area contributed by atoms with Crippen LogP contribution in [0.15, 0.2) is 0 Å². The van der Waals surface area contributed by atoms with Crippen molar-refractivity contribution in [3.8, 4) is 0 Å². The number of nitrogens with zero attached hydrogens (tertiary/aromatic N) is 3. The maximum absolute atomic E-state index is 12.9. The standard InChI is InChI=1S/C15H26N4OS/c1-5-11-9-8-10(4)19(11)14(20)12-13(16)17-15(21-12)18(6-2)7-3/h10-11H,5-9,16H2,1-4H3. The second-order valence-electron chi connectivity index (χ2n) is 5.58. The van der Waals surface area contributed by atoms with Crippen LogP contribution in [0.1, 0.15) is 56.6 Å². The zero-order valence-corrected chi connectivity index (χ0v) is 14.2. The number of thiazole rings is 1. The second-order valence-corrected chi connectivity index (χ2v) is 6.56. The monoisotopic (exact) mass is 310 g/mol. The molecule has 118 valence electrons. The van der Waals surface area contributed by atoms with Gasteiger partial charge in [0, 0.05) is 25.2 Å². The van der Waals surface area contributed by atoms with Gasteiger partial charge in [0.2, 0.25) is 0 Å². The van der Waals surface area contributed by atoms with Crippen molar-refractivity contribution in [2.45, 2.75) is 59.0 Å². The molecule has 0 spiro atoms. The summed E-state index contributed by atoms with van der Waals surface area (Å²) in [6.45, 7) is 10.2. The third-order valence-corrected chi connectivity index (χ3v) is 5.48. The molecule has 0 radical (unpaired) electrons. The fourth-order valence-corrected chi connectivity index (χ4v) is 4.12. The molecule has 1 fully saturated rings. The van der Waals surface area contributed by atoms with Crippen LogP contribution in [0.4, 0.5) is 10.9 Å². The summed E-state index contributed by atoms with van der Waals surface area (Å²) in [7, 11) is 0. The molecule has 1 amide bonds. The Hall–Kier alpha value is -1.30. The number of rotatable bonds is 5. The van der Waals surface area contributed by atoms with Gasteiger partial charge in [0.1, 0.15) is 10.7 Å². The Morgan fingerprint density at radius 2 is 2.05 bits per heavy atom. The van der Waals surface area contributed by atoms with Gasteiger partial charge in [0.15, 0.2) is 5.13 Å². The minimum atomic E-state index is 0.0558. The number of likely N-dealkylation sites (tertiary alicyclic amines) is 1. The average molecular weight is 310 g/mol. The van der Waals surface area contributed by atoms with E-state index in [0.29, 0.717) is 22.8 Å². The van der Waals surface area contributed by atoms with Crippen LogP contribution in [0, 0.1) is 0 Å². The minimum absolute atomic E-state index is 0.0558. The second kappa shape index (κ2) is 6.64. The molecule has 1 aromatic rings. The van der Waals surface area contributed by atoms with E-state index in [1.807, 2.05) is 4.90 Å². The van der Waals surface area contributed by atoms with E-state index >= 15 is 0 Å². The molecule has 1 aliphatic heterocycles. The average Bonchev–Trinajstić information content (AvgIpc) is 3.03. The molecule has 0 aromatic carbocycles. The van der Waals surface area contributed by atoms with Crippen molar-refractivity contribution in [2.75, 3.05) is 23.7 Å². The molecule has 2 atom stereocenters. The number of amides is 1. The Morgan fingerprint density at radius 3 is 2.62 bits per heavy atom. The van der Waals surface area contributed by atoms with E-state index in [0.717, 1.165) is 37.5 Å². The van der Waals surface area contributed by atoms with Crippen molar-refractivity contribution < 1.29 is 4.79 Å². The lowest BCUT2D eigenvalue weighted by Gasteiger charge is -2.27. The molecule has 6 heteroatoms. The zero-order valence-electron chi connectivity index (χ0n) is 13.4. The first kappa shape index (κ1) is 16.1. The molecule has 21 heavy (non-hydrogen) atoms. The molecule has 0 saturated carbocycles. The Morgan fingerprint density at radius 1 is 1.38 bits per heavy atom. The summed E-state index contributed by atoms with van der Waals surface area (Å²) >= 11 is 1.42. The Balaban J connectivity index is 2.27. The molecule has 2 rings (SSSR count). The number of nitrogens with two attached hydrogens (primary N) is 1. The highest BCUT2D eigenvalue weighted by Gasteiger charge is 2.35. The molecule has 2 N–H and O–H groups in total. The third kappa shape index (κ3) is 3.00. The molecule has 5 nitrogen and oxygen atoms in total. The van der Waals surface area contributed by atoms with Gasteiger partial charge < -0.3 is 15.5 Å². The maximum atomic E-state index is 12.9. The van der Waals surface area contributed by atoms with Gasteiger partial charge >= 0.3 is 0 Å². The van der Waals surface area contributed by atoms with Gasteiger partial charge in [-0.1, -0.05) is 18.3 Å². The Bertz CT molecular complexity index is 498. The summed E-state index contributed by atoms with van der Waals surface area (Å²) in [5.41, 5.74) is 6.01. The fourth-order valence-electron chi connectivity index (χ4n) is 3.06. The zero-order chi connectivity index (χ0) is 15.6. The SMILES string of the molecule is CCC1CCC(C)N1C(=O)c1sc(N(CC)CC)nc1N. The highest BCUT2D eigenvalue weighted by atomic mass is 32.1. The number of aromatic nitrogens is 1. The van der Waals surface area contributed by atoms with Crippen LogP contribution in [0.5, 0.6) is 0 Å². The van der Waals surface area contributed by atoms with Crippen molar-refractivity contribution in [3.63, 3.8) is 0 Å². The summed E-state index contributed by atoms with van der Waals surface area (Å²) in [6.07, 6.45) is 3.16. The van der Waals surface area contributed by atoms with Gasteiger partial charge in [-0.15, -0.1) is 0 Å². The van der Waals surface area contributed by atoms with Gasteiger partial charge in [-0.25, -0.2) is 4.98 Å². The summed E-state index contributed by atoms with van der Waals surface area (Å²) in [4.78, 5) is 22.0. The number of nitrogen functional groups attached to an aromatic ring is 1. The van der Waals surface area contributed by atoms with Crippen molar-refractivity contribution in [2.24, 2.45) is 0 Å². The van der Waals surface area contributed by atoms with Gasteiger partial charge in [0.05, 0.1) is 0 Å². The molecule has 0 aliphatic carbocycles. The van der Waals surface area contributed by atoms with E-state index in [1.54, 1.807) is 0 Å². The smallest absolute Gasteiger partial charge is 0.268 e. The first-order chi connectivity index (χ1) is 10.0. The van der Waals surface area contributed by atoms with E-state index in [4.69, 9.17) is 5.73 Å². The van der Waals surface area contributed by atoms with E-state index in [2.05, 4.69) is 37.6 Å². The number of anilines is 2. The Kier molecular flexibility index (Phi) is 5.08. The normalized spacial score (nSPS) is 21.8. The minimum Gasteiger partial charge on any atom is -0.382 e. The highest BCUT2D eigenvalue weighted by Crippen LogP contribution is 2.33. The largest absolute Gasteiger partial charge is 0.382 e. The topological polar surface area (TPSA) is 62.5 Å². The van der Waals surface area contributed by atoms with Crippen LogP contribution in [-0.2, 0) is 0 Å². The highest BCUT2D eigenvalue weighted by molar-refractivity contribution is 7.18. The predicted octanol–water partition coefficient (Wildman–Crippen LogP) is 2.97. The summed E-state index contributed by atoms with van der Waals surface area (Å²) in [5, 5.41) is 0.848. The molecule has 0 bridgehead atoms. The lowest BCUT2D eigenvalue weighted by atomic mass is 10.1. The van der Waals surface area contributed by atoms with E-state index in [9.17, 15) is 4.79 Å². The number of hydrogen-bond donors (Lipinski definition) is 1. The van der Waals surface area contributed by atoms with Crippen molar-refractivity contribution in [1.82, 2.24) is 9.88 Å². The molecule has 1 aromatic heterocycles. The lowest BCUT2D eigenvalue weighted by molar-refractivity contribution is 0.0682. The van der Waals surface area contributed by atoms with Gasteiger partial charge in [-0.05, 0) is 40.0 Å². The van der Waals surface area contributed by atoms with E-state index < -0.39 is 0 Å². The first-order valence-electron chi connectivity index (χ1n) is 7.87. The van der Waals surface area contributed by atoms with E-state index in [1.165, 1.54) is 11.3 Å². The van der Waals surface area contributed by atoms with Gasteiger partial charge in [0.25, 0.3) is 5.91 Å². The van der Waals surface area contributed by atoms with Crippen LogP contribution in [0.3, 0.4) is 0 Å². The molecule has 2 unspecified atom stereocenters. The van der Waals surface area contributed by atoms with Gasteiger partial charge in [-0.3, -0.25) is 4.79 Å². The van der Waals surface area contributed by atoms with E-state index in [-0.39, 0.29) is 5.91 Å². The summed E-state index contributed by atoms with van der Waals surface area (Å²) < 4.78 is 0. The number of carbonyl (C=O) groups excluding carboxylic acids is 1. The van der Waals surface area contributed by atoms with Crippen molar-refractivity contribution >= 4 is 28.2 Å². The first-order valence-corrected chi connectivity index (χ1v) is 8.68. The number of carbonyl (C=O) groups is 1. The summed E-state index contributed by atoms with van der Waals surface area (Å²) in [5.74, 6) is 0.432. The molecule has 2 heterocycles. The van der Waals surface area contributed by atoms with Crippen LogP contribution in [0.2, 0.25) is 0 Å². The third-order valence-electron chi connectivity index (χ3n) is 4.36. The van der Waals surface area contributed by atoms with Crippen LogP contribution < -0.4 is 10.6 Å². The number of hydrogen-bond acceptors (Lipinski definition) is 5. The molecular weight excluding hydrogens is 284 g/mol. The van der Waals surface area contributed by atoms with Crippen LogP contribution in [-0.4, -0.2) is 41.0 Å². The predicted molar refractivity (Wildman–Crippen MR) is 89.0 cm³/mol. The molecular formula is C15H26N4OS. The van der Waals surface area contributed by atoms with Crippen LogP contribution in [0.25, 0.3) is 0 Å². The fraction of sp³-hybridized carbons (Fsp3) is 0.733. The molecule has 1 saturated heterocycles. The van der Waals surface area contributed by atoms with Crippen molar-refractivity contribution in [3.05, 3.63) is 4.88 Å². The Labute approximate surface area is 131 Å².